The van der Waals surface area contributed by atoms with E-state index in [-0.39, 0.29) is 11.7 Å². The van der Waals surface area contributed by atoms with Crippen LogP contribution in [0.2, 0.25) is 0 Å². The van der Waals surface area contributed by atoms with Crippen LogP contribution in [0.4, 0.5) is 0 Å². The number of rotatable bonds is 5. The Bertz CT molecular complexity index is 643. The van der Waals surface area contributed by atoms with Gasteiger partial charge in [-0.2, -0.15) is 0 Å². The first-order valence-electron chi connectivity index (χ1n) is 8.28. The van der Waals surface area contributed by atoms with Gasteiger partial charge in [-0.05, 0) is 31.9 Å². The van der Waals surface area contributed by atoms with Gasteiger partial charge in [-0.25, -0.2) is 12.7 Å². The summed E-state index contributed by atoms with van der Waals surface area (Å²) >= 11 is 0. The summed E-state index contributed by atoms with van der Waals surface area (Å²) < 4.78 is 26.2. The molecule has 0 unspecified atom stereocenters. The van der Waals surface area contributed by atoms with Crippen LogP contribution >= 0.6 is 0 Å². The van der Waals surface area contributed by atoms with Gasteiger partial charge in [0.2, 0.25) is 10.0 Å². The van der Waals surface area contributed by atoms with Crippen LogP contribution in [0.5, 0.6) is 0 Å². The van der Waals surface area contributed by atoms with Crippen molar-refractivity contribution in [2.45, 2.75) is 33.1 Å². The Morgan fingerprint density at radius 1 is 1.17 bits per heavy atom. The number of benzene rings is 1. The molecule has 5 nitrogen and oxygen atoms in total. The molecule has 0 spiro atoms. The van der Waals surface area contributed by atoms with E-state index in [0.717, 1.165) is 12.0 Å². The molecule has 0 saturated carbocycles. The van der Waals surface area contributed by atoms with E-state index in [2.05, 4.69) is 0 Å². The predicted molar refractivity (Wildman–Crippen MR) is 92.0 cm³/mol. The van der Waals surface area contributed by atoms with Crippen molar-refractivity contribution in [1.29, 1.82) is 0 Å². The molecule has 0 bridgehead atoms. The van der Waals surface area contributed by atoms with E-state index in [1.165, 1.54) is 0 Å². The minimum atomic E-state index is -3.19. The number of unbranched alkanes of at least 4 members (excludes halogenated alkanes) is 1. The van der Waals surface area contributed by atoms with Crippen LogP contribution in [0.15, 0.2) is 24.3 Å². The summed E-state index contributed by atoms with van der Waals surface area (Å²) in [6.07, 6.45) is 2.23. The third-order valence-electron chi connectivity index (χ3n) is 4.16. The van der Waals surface area contributed by atoms with E-state index in [0.29, 0.717) is 44.6 Å². The van der Waals surface area contributed by atoms with Crippen molar-refractivity contribution < 1.29 is 13.2 Å². The molecule has 1 aromatic rings. The first-order valence-corrected chi connectivity index (χ1v) is 9.88. The lowest BCUT2D eigenvalue weighted by atomic mass is 10.1. The third kappa shape index (κ3) is 4.78. The number of hydrogen-bond donors (Lipinski definition) is 0. The summed E-state index contributed by atoms with van der Waals surface area (Å²) in [5.74, 6) is 0.191. The highest BCUT2D eigenvalue weighted by Crippen LogP contribution is 2.14. The van der Waals surface area contributed by atoms with Crippen molar-refractivity contribution in [3.63, 3.8) is 0 Å². The molecule has 2 rings (SSSR count). The summed E-state index contributed by atoms with van der Waals surface area (Å²) in [7, 11) is -3.19. The summed E-state index contributed by atoms with van der Waals surface area (Å²) in [5, 5.41) is 0. The number of sulfonamides is 1. The largest absolute Gasteiger partial charge is 0.337 e. The molecule has 1 heterocycles. The average molecular weight is 338 g/mol. The molecule has 1 amide bonds. The Hall–Kier alpha value is -1.40. The Labute approximate surface area is 139 Å². The minimum absolute atomic E-state index is 0.0125. The van der Waals surface area contributed by atoms with Crippen LogP contribution in [0.3, 0.4) is 0 Å². The highest BCUT2D eigenvalue weighted by Gasteiger charge is 2.26. The quantitative estimate of drug-likeness (QED) is 0.827. The van der Waals surface area contributed by atoms with Crippen LogP contribution in [0.1, 0.15) is 42.1 Å². The lowest BCUT2D eigenvalue weighted by Gasteiger charge is -2.22. The smallest absolute Gasteiger partial charge is 0.253 e. The van der Waals surface area contributed by atoms with Crippen molar-refractivity contribution in [3.05, 3.63) is 35.4 Å². The first kappa shape index (κ1) is 17.9. The zero-order valence-corrected chi connectivity index (χ0v) is 14.8. The van der Waals surface area contributed by atoms with Gasteiger partial charge in [0, 0.05) is 31.7 Å². The molecule has 0 aromatic heterocycles. The van der Waals surface area contributed by atoms with Gasteiger partial charge in [-0.3, -0.25) is 4.79 Å². The zero-order chi connectivity index (χ0) is 16.9. The summed E-state index contributed by atoms with van der Waals surface area (Å²) in [6, 6.07) is 7.53. The molecule has 1 aromatic carbocycles. The van der Waals surface area contributed by atoms with Crippen LogP contribution in [-0.2, 0) is 10.0 Å². The topological polar surface area (TPSA) is 57.7 Å². The van der Waals surface area contributed by atoms with E-state index >= 15 is 0 Å². The van der Waals surface area contributed by atoms with Crippen molar-refractivity contribution in [1.82, 2.24) is 9.21 Å². The second-order valence-corrected chi connectivity index (χ2v) is 8.17. The molecular weight excluding hydrogens is 312 g/mol. The maximum Gasteiger partial charge on any atom is 0.253 e. The molecule has 0 aliphatic carbocycles. The van der Waals surface area contributed by atoms with Crippen LogP contribution in [0, 0.1) is 6.92 Å². The number of carbonyl (C=O) groups is 1. The van der Waals surface area contributed by atoms with E-state index in [4.69, 9.17) is 0 Å². The SMILES string of the molecule is CCCCS(=O)(=O)N1CCCN(C(=O)c2cccc(C)c2)CC1. The molecule has 0 atom stereocenters. The van der Waals surface area contributed by atoms with Gasteiger partial charge in [-0.1, -0.05) is 31.0 Å². The van der Waals surface area contributed by atoms with Crippen molar-refractivity contribution >= 4 is 15.9 Å². The van der Waals surface area contributed by atoms with E-state index < -0.39 is 10.0 Å². The maximum absolute atomic E-state index is 12.6. The highest BCUT2D eigenvalue weighted by molar-refractivity contribution is 7.89. The number of hydrogen-bond acceptors (Lipinski definition) is 3. The fourth-order valence-electron chi connectivity index (χ4n) is 2.79. The first-order chi connectivity index (χ1) is 10.9. The monoisotopic (exact) mass is 338 g/mol. The molecule has 1 fully saturated rings. The molecule has 1 saturated heterocycles. The van der Waals surface area contributed by atoms with Crippen molar-refractivity contribution in [2.24, 2.45) is 0 Å². The molecule has 1 aliphatic heterocycles. The Kier molecular flexibility index (Phi) is 6.18. The molecule has 1 aliphatic rings. The Morgan fingerprint density at radius 2 is 1.96 bits per heavy atom. The number of nitrogens with zero attached hydrogens (tertiary/aromatic N) is 2. The van der Waals surface area contributed by atoms with Gasteiger partial charge in [0.05, 0.1) is 5.75 Å². The van der Waals surface area contributed by atoms with Crippen LogP contribution in [0.25, 0.3) is 0 Å². The molecule has 128 valence electrons. The highest BCUT2D eigenvalue weighted by atomic mass is 32.2. The second kappa shape index (κ2) is 7.93. The van der Waals surface area contributed by atoms with E-state index in [1.54, 1.807) is 9.21 Å². The van der Waals surface area contributed by atoms with Crippen molar-refractivity contribution in [2.75, 3.05) is 31.9 Å². The second-order valence-electron chi connectivity index (χ2n) is 6.08. The fourth-order valence-corrected chi connectivity index (χ4v) is 4.47. The van der Waals surface area contributed by atoms with Gasteiger partial charge in [0.25, 0.3) is 5.91 Å². The Morgan fingerprint density at radius 3 is 2.65 bits per heavy atom. The fraction of sp³-hybridized carbons (Fsp3) is 0.588. The molecule has 6 heteroatoms. The zero-order valence-electron chi connectivity index (χ0n) is 14.0. The maximum atomic E-state index is 12.6. The van der Waals surface area contributed by atoms with Crippen molar-refractivity contribution in [3.8, 4) is 0 Å². The van der Waals surface area contributed by atoms with E-state index in [9.17, 15) is 13.2 Å². The summed E-state index contributed by atoms with van der Waals surface area (Å²) in [4.78, 5) is 14.4. The number of amides is 1. The third-order valence-corrected chi connectivity index (χ3v) is 6.11. The summed E-state index contributed by atoms with van der Waals surface area (Å²) in [5.41, 5.74) is 1.72. The lowest BCUT2D eigenvalue weighted by Crippen LogP contribution is -2.38. The number of aryl methyl sites for hydroxylation is 1. The molecule has 23 heavy (non-hydrogen) atoms. The van der Waals surface area contributed by atoms with Gasteiger partial charge >= 0.3 is 0 Å². The van der Waals surface area contributed by atoms with E-state index in [1.807, 2.05) is 38.1 Å². The average Bonchev–Trinajstić information content (AvgIpc) is 2.79. The normalized spacial score (nSPS) is 17.0. The minimum Gasteiger partial charge on any atom is -0.337 e. The van der Waals surface area contributed by atoms with Gasteiger partial charge in [0.1, 0.15) is 0 Å². The molecular formula is C17H26N2O3S. The van der Waals surface area contributed by atoms with Gasteiger partial charge < -0.3 is 4.90 Å². The van der Waals surface area contributed by atoms with Crippen LogP contribution in [-0.4, -0.2) is 55.5 Å². The number of carbonyl (C=O) groups excluding carboxylic acids is 1. The van der Waals surface area contributed by atoms with Crippen LogP contribution < -0.4 is 0 Å². The van der Waals surface area contributed by atoms with Gasteiger partial charge in [0.15, 0.2) is 0 Å². The molecule has 0 N–H and O–H groups in total. The predicted octanol–water partition coefficient (Wildman–Crippen LogP) is 2.27. The van der Waals surface area contributed by atoms with Gasteiger partial charge in [-0.15, -0.1) is 0 Å². The standard InChI is InChI=1S/C17H26N2O3S/c1-3-4-13-23(21,22)19-10-6-9-18(11-12-19)17(20)16-8-5-7-15(2)14-16/h5,7-8,14H,3-4,6,9-13H2,1-2H3. The summed E-state index contributed by atoms with van der Waals surface area (Å²) in [6.45, 7) is 5.90. The Balaban J connectivity index is 2.02. The lowest BCUT2D eigenvalue weighted by molar-refractivity contribution is 0.0764. The molecule has 0 radical (unpaired) electrons.